The first-order valence-corrected chi connectivity index (χ1v) is 7.61. The average molecular weight is 254 g/mol. The Kier molecular flexibility index (Phi) is 4.35. The van der Waals surface area contributed by atoms with Crippen molar-refractivity contribution < 1.29 is 4.74 Å². The van der Waals surface area contributed by atoms with Crippen molar-refractivity contribution in [2.45, 2.75) is 64.0 Å². The fourth-order valence-electron chi connectivity index (χ4n) is 3.18. The highest BCUT2D eigenvalue weighted by Crippen LogP contribution is 2.38. The molecule has 106 valence electrons. The van der Waals surface area contributed by atoms with E-state index >= 15 is 0 Å². The van der Waals surface area contributed by atoms with Crippen molar-refractivity contribution >= 4 is 0 Å². The quantitative estimate of drug-likeness (QED) is 0.764. The molecular weight excluding hydrogens is 224 g/mol. The van der Waals surface area contributed by atoms with Crippen LogP contribution < -0.4 is 11.1 Å². The number of nitrogens with one attached hydrogen (secondary N) is 1. The lowest BCUT2D eigenvalue weighted by atomic mass is 9.79. The van der Waals surface area contributed by atoms with Crippen molar-refractivity contribution in [3.8, 4) is 0 Å². The molecule has 3 heteroatoms. The molecule has 0 spiro atoms. The van der Waals surface area contributed by atoms with E-state index in [-0.39, 0.29) is 11.1 Å². The lowest BCUT2D eigenvalue weighted by molar-refractivity contribution is -0.0999. The Bertz CT molecular complexity index is 280. The molecule has 0 amide bonds. The van der Waals surface area contributed by atoms with Gasteiger partial charge in [-0.15, -0.1) is 0 Å². The highest BCUT2D eigenvalue weighted by atomic mass is 16.5. The summed E-state index contributed by atoms with van der Waals surface area (Å²) in [6, 6.07) is 0. The first kappa shape index (κ1) is 14.3. The Morgan fingerprint density at radius 1 is 1.44 bits per heavy atom. The Morgan fingerprint density at radius 3 is 2.72 bits per heavy atom. The molecule has 3 nitrogen and oxygen atoms in total. The van der Waals surface area contributed by atoms with E-state index in [0.29, 0.717) is 0 Å². The normalized spacial score (nSPS) is 38.7. The summed E-state index contributed by atoms with van der Waals surface area (Å²) in [6.45, 7) is 9.48. The molecule has 2 aliphatic rings. The van der Waals surface area contributed by atoms with E-state index in [1.54, 1.807) is 0 Å². The minimum absolute atomic E-state index is 0.00738. The van der Waals surface area contributed by atoms with E-state index in [0.717, 1.165) is 50.8 Å². The second kappa shape index (κ2) is 5.48. The Morgan fingerprint density at radius 2 is 2.17 bits per heavy atom. The molecule has 1 aliphatic carbocycles. The van der Waals surface area contributed by atoms with Gasteiger partial charge in [0, 0.05) is 18.7 Å². The van der Waals surface area contributed by atoms with Crippen LogP contribution in [0.2, 0.25) is 0 Å². The monoisotopic (exact) mass is 254 g/mol. The molecule has 1 aliphatic heterocycles. The van der Waals surface area contributed by atoms with Gasteiger partial charge in [0.15, 0.2) is 0 Å². The van der Waals surface area contributed by atoms with Crippen molar-refractivity contribution in [1.29, 1.82) is 0 Å². The van der Waals surface area contributed by atoms with E-state index in [1.165, 1.54) is 12.8 Å². The summed E-state index contributed by atoms with van der Waals surface area (Å²) in [4.78, 5) is 0. The van der Waals surface area contributed by atoms with Crippen LogP contribution in [0.15, 0.2) is 0 Å². The van der Waals surface area contributed by atoms with Crippen LogP contribution in [0.3, 0.4) is 0 Å². The Hall–Kier alpha value is -0.120. The smallest absolute Gasteiger partial charge is 0.0670 e. The molecule has 2 rings (SSSR count). The summed E-state index contributed by atoms with van der Waals surface area (Å²) in [6.07, 6.45) is 6.01. The predicted octanol–water partition coefficient (Wildman–Crippen LogP) is 2.30. The topological polar surface area (TPSA) is 47.3 Å². The van der Waals surface area contributed by atoms with Gasteiger partial charge in [-0.1, -0.05) is 13.8 Å². The molecular formula is C15H30N2O. The van der Waals surface area contributed by atoms with Gasteiger partial charge < -0.3 is 15.8 Å². The molecule has 0 aromatic carbocycles. The van der Waals surface area contributed by atoms with Gasteiger partial charge in [-0.2, -0.15) is 0 Å². The molecule has 3 atom stereocenters. The maximum absolute atomic E-state index is 6.07. The van der Waals surface area contributed by atoms with Crippen LogP contribution in [-0.2, 0) is 4.74 Å². The van der Waals surface area contributed by atoms with Crippen LogP contribution in [0.5, 0.6) is 0 Å². The van der Waals surface area contributed by atoms with Crippen molar-refractivity contribution in [1.82, 2.24) is 5.32 Å². The third-order valence-corrected chi connectivity index (χ3v) is 5.11. The molecule has 18 heavy (non-hydrogen) atoms. The van der Waals surface area contributed by atoms with E-state index in [2.05, 4.69) is 26.1 Å². The lowest BCUT2D eigenvalue weighted by Gasteiger charge is -2.46. The maximum Gasteiger partial charge on any atom is 0.0670 e. The molecule has 0 aromatic rings. The molecule has 1 saturated heterocycles. The first-order chi connectivity index (χ1) is 8.52. The molecule has 1 heterocycles. The molecule has 2 fully saturated rings. The molecule has 0 radical (unpaired) electrons. The summed E-state index contributed by atoms with van der Waals surface area (Å²) >= 11 is 0. The highest BCUT2D eigenvalue weighted by Gasteiger charge is 2.41. The van der Waals surface area contributed by atoms with E-state index < -0.39 is 0 Å². The number of nitrogens with two attached hydrogens (primary N) is 1. The summed E-state index contributed by atoms with van der Waals surface area (Å²) in [5.41, 5.74) is 6.18. The summed E-state index contributed by atoms with van der Waals surface area (Å²) in [5, 5.41) is 3.79. The van der Waals surface area contributed by atoms with Crippen LogP contribution in [0.25, 0.3) is 0 Å². The summed E-state index contributed by atoms with van der Waals surface area (Å²) < 4.78 is 5.94. The molecule has 3 N–H and O–H groups in total. The molecule has 3 unspecified atom stereocenters. The number of ether oxygens (including phenoxy) is 1. The highest BCUT2D eigenvalue weighted by molar-refractivity contribution is 4.99. The van der Waals surface area contributed by atoms with Crippen LogP contribution in [0.4, 0.5) is 0 Å². The zero-order chi connectivity index (χ0) is 13.2. The van der Waals surface area contributed by atoms with Crippen molar-refractivity contribution in [3.63, 3.8) is 0 Å². The van der Waals surface area contributed by atoms with Crippen LogP contribution in [0, 0.1) is 11.8 Å². The van der Waals surface area contributed by atoms with Crippen molar-refractivity contribution in [2.24, 2.45) is 17.6 Å². The fourth-order valence-corrected chi connectivity index (χ4v) is 3.18. The fraction of sp³-hybridized carbons (Fsp3) is 1.00. The van der Waals surface area contributed by atoms with Gasteiger partial charge in [0.05, 0.1) is 5.60 Å². The van der Waals surface area contributed by atoms with Gasteiger partial charge in [-0.05, 0) is 57.4 Å². The lowest BCUT2D eigenvalue weighted by Crippen LogP contribution is -2.60. The van der Waals surface area contributed by atoms with Crippen LogP contribution >= 0.6 is 0 Å². The largest absolute Gasteiger partial charge is 0.375 e. The van der Waals surface area contributed by atoms with E-state index in [1.807, 2.05) is 0 Å². The number of hydrogen-bond acceptors (Lipinski definition) is 3. The predicted molar refractivity (Wildman–Crippen MR) is 75.6 cm³/mol. The zero-order valence-corrected chi connectivity index (χ0v) is 12.3. The standard InChI is InChI=1S/C15H30N2O/c1-4-14(3)10-15(11-16,7-8-18-14)17-9-12(2)13-5-6-13/h12-13,17H,4-11,16H2,1-3H3. The summed E-state index contributed by atoms with van der Waals surface area (Å²) in [7, 11) is 0. The van der Waals surface area contributed by atoms with Gasteiger partial charge >= 0.3 is 0 Å². The number of rotatable bonds is 6. The minimum atomic E-state index is 0.00738. The number of hydrogen-bond donors (Lipinski definition) is 2. The minimum Gasteiger partial charge on any atom is -0.375 e. The first-order valence-electron chi connectivity index (χ1n) is 7.61. The second-order valence-electron chi connectivity index (χ2n) is 6.76. The van der Waals surface area contributed by atoms with Gasteiger partial charge in [-0.25, -0.2) is 0 Å². The van der Waals surface area contributed by atoms with Crippen molar-refractivity contribution in [3.05, 3.63) is 0 Å². The van der Waals surface area contributed by atoms with Gasteiger partial charge in [0.25, 0.3) is 0 Å². The Balaban J connectivity index is 1.91. The molecule has 0 aromatic heterocycles. The summed E-state index contributed by atoms with van der Waals surface area (Å²) in [5.74, 6) is 1.76. The van der Waals surface area contributed by atoms with Gasteiger partial charge in [0.2, 0.25) is 0 Å². The van der Waals surface area contributed by atoms with Crippen molar-refractivity contribution in [2.75, 3.05) is 19.7 Å². The van der Waals surface area contributed by atoms with Gasteiger partial charge in [0.1, 0.15) is 0 Å². The third kappa shape index (κ3) is 3.25. The average Bonchev–Trinajstić information content (AvgIpc) is 3.20. The zero-order valence-electron chi connectivity index (χ0n) is 12.3. The molecule has 1 saturated carbocycles. The Labute approximate surface area is 112 Å². The maximum atomic E-state index is 6.07. The second-order valence-corrected chi connectivity index (χ2v) is 6.76. The van der Waals surface area contributed by atoms with Crippen LogP contribution in [-0.4, -0.2) is 30.8 Å². The van der Waals surface area contributed by atoms with E-state index in [9.17, 15) is 0 Å². The SMILES string of the molecule is CCC1(C)CC(CN)(NCC(C)C2CC2)CCO1. The third-order valence-electron chi connectivity index (χ3n) is 5.11. The molecule has 0 bridgehead atoms. The van der Waals surface area contributed by atoms with Crippen LogP contribution in [0.1, 0.15) is 52.9 Å². The van der Waals surface area contributed by atoms with Gasteiger partial charge in [-0.3, -0.25) is 0 Å². The van der Waals surface area contributed by atoms with E-state index in [4.69, 9.17) is 10.5 Å².